The van der Waals surface area contributed by atoms with Gasteiger partial charge in [-0.1, -0.05) is 0 Å². The molecule has 2 nitrogen and oxygen atoms in total. The molecule has 0 atom stereocenters. The van der Waals surface area contributed by atoms with E-state index in [2.05, 4.69) is 0 Å². The summed E-state index contributed by atoms with van der Waals surface area (Å²) < 4.78 is 4.70. The van der Waals surface area contributed by atoms with Gasteiger partial charge in [-0.05, 0) is 25.1 Å². The van der Waals surface area contributed by atoms with Gasteiger partial charge in [0, 0.05) is 12.8 Å². The van der Waals surface area contributed by atoms with Crippen LogP contribution in [-0.2, 0) is 9.53 Å². The summed E-state index contributed by atoms with van der Waals surface area (Å²) in [5.74, 6) is -0.169. The number of hydrogen-bond acceptors (Lipinski definition) is 3. The Morgan fingerprint density at radius 2 is 2.00 bits per heavy atom. The van der Waals surface area contributed by atoms with Gasteiger partial charge in [0.25, 0.3) is 0 Å². The molecule has 3 heteroatoms. The minimum absolute atomic E-state index is 0.169. The third-order valence-electron chi connectivity index (χ3n) is 1.24. The van der Waals surface area contributed by atoms with Crippen molar-refractivity contribution >= 4 is 23.2 Å². The standard InChI is InChI=1S/C6H8O2S/c7-5-3-1-2-4-6(9)8-5/h1-4H2. The van der Waals surface area contributed by atoms with Crippen LogP contribution >= 0.6 is 12.2 Å². The Labute approximate surface area is 59.2 Å². The Hall–Kier alpha value is -0.440. The van der Waals surface area contributed by atoms with E-state index in [1.807, 2.05) is 0 Å². The minimum atomic E-state index is -0.169. The third kappa shape index (κ3) is 2.10. The van der Waals surface area contributed by atoms with Crippen LogP contribution in [0.1, 0.15) is 25.7 Å². The fourth-order valence-corrected chi connectivity index (χ4v) is 1.00. The molecule has 1 fully saturated rings. The lowest BCUT2D eigenvalue weighted by Crippen LogP contribution is -2.05. The zero-order valence-electron chi connectivity index (χ0n) is 5.05. The first-order valence-corrected chi connectivity index (χ1v) is 3.43. The number of hydrogen-bond donors (Lipinski definition) is 0. The Morgan fingerprint density at radius 3 is 2.78 bits per heavy atom. The molecule has 0 aromatic carbocycles. The number of rotatable bonds is 0. The van der Waals surface area contributed by atoms with E-state index in [4.69, 9.17) is 17.0 Å². The summed E-state index contributed by atoms with van der Waals surface area (Å²) in [6, 6.07) is 0. The molecule has 1 saturated heterocycles. The van der Waals surface area contributed by atoms with Crippen molar-refractivity contribution in [1.82, 2.24) is 0 Å². The Morgan fingerprint density at radius 1 is 1.33 bits per heavy atom. The van der Waals surface area contributed by atoms with E-state index < -0.39 is 0 Å². The van der Waals surface area contributed by atoms with Crippen molar-refractivity contribution in [3.05, 3.63) is 0 Å². The molecule has 1 rings (SSSR count). The first-order chi connectivity index (χ1) is 4.29. The van der Waals surface area contributed by atoms with E-state index in [9.17, 15) is 4.79 Å². The molecule has 0 unspecified atom stereocenters. The summed E-state index contributed by atoms with van der Waals surface area (Å²) in [5, 5.41) is 0.456. The number of carbonyl (C=O) groups is 1. The lowest BCUT2D eigenvalue weighted by Gasteiger charge is -1.95. The fraction of sp³-hybridized carbons (Fsp3) is 0.667. The Bertz CT molecular complexity index is 126. The van der Waals surface area contributed by atoms with Gasteiger partial charge in [0.2, 0.25) is 0 Å². The summed E-state index contributed by atoms with van der Waals surface area (Å²) in [5.41, 5.74) is 0. The van der Waals surface area contributed by atoms with Crippen LogP contribution in [0.4, 0.5) is 0 Å². The van der Waals surface area contributed by atoms with E-state index in [0.29, 0.717) is 11.5 Å². The van der Waals surface area contributed by atoms with Gasteiger partial charge < -0.3 is 4.74 Å². The van der Waals surface area contributed by atoms with Gasteiger partial charge in [-0.25, -0.2) is 0 Å². The van der Waals surface area contributed by atoms with E-state index in [1.54, 1.807) is 0 Å². The average Bonchev–Trinajstić information content (AvgIpc) is 1.93. The summed E-state index contributed by atoms with van der Waals surface area (Å²) >= 11 is 4.73. The number of carbonyl (C=O) groups excluding carboxylic acids is 1. The molecule has 1 aliphatic rings. The van der Waals surface area contributed by atoms with Crippen LogP contribution in [-0.4, -0.2) is 11.0 Å². The zero-order chi connectivity index (χ0) is 6.69. The Balaban J connectivity index is 2.47. The zero-order valence-corrected chi connectivity index (χ0v) is 5.87. The molecule has 0 bridgehead atoms. The van der Waals surface area contributed by atoms with Crippen molar-refractivity contribution in [1.29, 1.82) is 0 Å². The highest BCUT2D eigenvalue weighted by Gasteiger charge is 2.10. The van der Waals surface area contributed by atoms with E-state index >= 15 is 0 Å². The highest BCUT2D eigenvalue weighted by Crippen LogP contribution is 2.09. The van der Waals surface area contributed by atoms with E-state index in [1.165, 1.54) is 0 Å². The fourth-order valence-electron chi connectivity index (χ4n) is 0.768. The highest BCUT2D eigenvalue weighted by atomic mass is 32.1. The van der Waals surface area contributed by atoms with Crippen LogP contribution in [0, 0.1) is 0 Å². The maximum absolute atomic E-state index is 10.6. The topological polar surface area (TPSA) is 26.3 Å². The van der Waals surface area contributed by atoms with Gasteiger partial charge in [0.05, 0.1) is 0 Å². The SMILES string of the molecule is O=C1CCCCC(=S)O1. The first-order valence-electron chi connectivity index (χ1n) is 3.02. The van der Waals surface area contributed by atoms with Crippen LogP contribution in [0.5, 0.6) is 0 Å². The quantitative estimate of drug-likeness (QED) is 0.380. The van der Waals surface area contributed by atoms with Gasteiger partial charge in [0.1, 0.15) is 0 Å². The summed E-state index contributed by atoms with van der Waals surface area (Å²) in [4.78, 5) is 10.6. The van der Waals surface area contributed by atoms with Crippen LogP contribution in [0.2, 0.25) is 0 Å². The lowest BCUT2D eigenvalue weighted by atomic mass is 10.2. The predicted molar refractivity (Wildman–Crippen MR) is 37.2 cm³/mol. The molecule has 50 valence electrons. The molecule has 1 heterocycles. The predicted octanol–water partition coefficient (Wildman–Crippen LogP) is 1.43. The molecule has 0 aliphatic carbocycles. The molecule has 0 saturated carbocycles. The minimum Gasteiger partial charge on any atom is -0.419 e. The summed E-state index contributed by atoms with van der Waals surface area (Å²) in [6.07, 6.45) is 3.20. The Kier molecular flexibility index (Phi) is 2.16. The maximum Gasteiger partial charge on any atom is 0.311 e. The number of cyclic esters (lactones) is 1. The van der Waals surface area contributed by atoms with E-state index in [-0.39, 0.29) is 5.97 Å². The summed E-state index contributed by atoms with van der Waals surface area (Å²) in [7, 11) is 0. The van der Waals surface area contributed by atoms with Gasteiger partial charge in [-0.15, -0.1) is 0 Å². The molecule has 0 N–H and O–H groups in total. The molecule has 0 amide bonds. The van der Waals surface area contributed by atoms with Gasteiger partial charge in [0.15, 0.2) is 5.05 Å². The normalized spacial score (nSPS) is 20.9. The van der Waals surface area contributed by atoms with Gasteiger partial charge in [-0.3, -0.25) is 4.79 Å². The van der Waals surface area contributed by atoms with Gasteiger partial charge in [-0.2, -0.15) is 0 Å². The molecular formula is C6H8O2S. The van der Waals surface area contributed by atoms with Crippen LogP contribution in [0.25, 0.3) is 0 Å². The number of ether oxygens (including phenoxy) is 1. The van der Waals surface area contributed by atoms with Crippen LogP contribution in [0.3, 0.4) is 0 Å². The monoisotopic (exact) mass is 144 g/mol. The largest absolute Gasteiger partial charge is 0.419 e. The van der Waals surface area contributed by atoms with Crippen molar-refractivity contribution in [2.75, 3.05) is 0 Å². The second kappa shape index (κ2) is 2.92. The van der Waals surface area contributed by atoms with Gasteiger partial charge >= 0.3 is 5.97 Å². The molecular weight excluding hydrogens is 136 g/mol. The molecule has 1 aliphatic heterocycles. The van der Waals surface area contributed by atoms with E-state index in [0.717, 1.165) is 19.3 Å². The van der Waals surface area contributed by atoms with Crippen LogP contribution in [0.15, 0.2) is 0 Å². The van der Waals surface area contributed by atoms with Crippen LogP contribution < -0.4 is 0 Å². The smallest absolute Gasteiger partial charge is 0.311 e. The molecule has 0 radical (unpaired) electrons. The second-order valence-corrected chi connectivity index (χ2v) is 2.51. The first kappa shape index (κ1) is 6.68. The highest BCUT2D eigenvalue weighted by molar-refractivity contribution is 7.80. The summed E-state index contributed by atoms with van der Waals surface area (Å²) in [6.45, 7) is 0. The van der Waals surface area contributed by atoms with Crippen molar-refractivity contribution in [2.45, 2.75) is 25.7 Å². The number of esters is 1. The van der Waals surface area contributed by atoms with Crippen molar-refractivity contribution in [3.8, 4) is 0 Å². The molecule has 0 spiro atoms. The second-order valence-electron chi connectivity index (χ2n) is 2.05. The van der Waals surface area contributed by atoms with Crippen molar-refractivity contribution in [2.24, 2.45) is 0 Å². The average molecular weight is 144 g/mol. The molecule has 0 aromatic rings. The molecule has 9 heavy (non-hydrogen) atoms. The van der Waals surface area contributed by atoms with Crippen molar-refractivity contribution in [3.63, 3.8) is 0 Å². The maximum atomic E-state index is 10.6. The third-order valence-corrected chi connectivity index (χ3v) is 1.53. The lowest BCUT2D eigenvalue weighted by molar-refractivity contribution is -0.135. The number of thiocarbonyl (C=S) groups is 1. The molecule has 0 aromatic heterocycles. The van der Waals surface area contributed by atoms with Crippen molar-refractivity contribution < 1.29 is 9.53 Å².